The predicted octanol–water partition coefficient (Wildman–Crippen LogP) is 3.76. The normalized spacial score (nSPS) is 20.5. The first-order valence-corrected chi connectivity index (χ1v) is 8.52. The van der Waals surface area contributed by atoms with Crippen molar-refractivity contribution in [2.75, 3.05) is 5.32 Å². The van der Waals surface area contributed by atoms with Crippen LogP contribution in [0, 0.1) is 0 Å². The molecule has 0 amide bonds. The highest BCUT2D eigenvalue weighted by Crippen LogP contribution is 2.41. The molecule has 2 aromatic rings. The second kappa shape index (κ2) is 5.87. The van der Waals surface area contributed by atoms with Crippen LogP contribution in [0.15, 0.2) is 54.0 Å². The van der Waals surface area contributed by atoms with Gasteiger partial charge in [-0.15, -0.1) is 0 Å². The van der Waals surface area contributed by atoms with E-state index in [9.17, 15) is 0 Å². The Morgan fingerprint density at radius 2 is 2.04 bits per heavy atom. The van der Waals surface area contributed by atoms with Crippen molar-refractivity contribution in [3.63, 3.8) is 0 Å². The standard InChI is InChI=1S/C20H23N3O/c1-12-20(22)23-17-11-14(9-10-18(17)24-12)19(21)16-8-4-6-13-5-2-3-7-15(13)16/h2-3,5,7,9-11,16,19,23H,4,6,8,21-22H2,1H3. The number of rotatable bonds is 2. The van der Waals surface area contributed by atoms with Crippen molar-refractivity contribution in [2.45, 2.75) is 38.1 Å². The Labute approximate surface area is 142 Å². The fourth-order valence-electron chi connectivity index (χ4n) is 3.79. The summed E-state index contributed by atoms with van der Waals surface area (Å²) in [6.45, 7) is 1.85. The van der Waals surface area contributed by atoms with Crippen LogP contribution in [-0.4, -0.2) is 0 Å². The molecule has 0 fully saturated rings. The molecule has 4 nitrogen and oxygen atoms in total. The number of benzene rings is 2. The second-order valence-electron chi connectivity index (χ2n) is 6.68. The van der Waals surface area contributed by atoms with Crippen LogP contribution in [0.4, 0.5) is 5.69 Å². The van der Waals surface area contributed by atoms with Crippen LogP contribution in [0.1, 0.15) is 48.4 Å². The molecule has 4 rings (SSSR count). The third-order valence-electron chi connectivity index (χ3n) is 5.15. The Balaban J connectivity index is 1.65. The summed E-state index contributed by atoms with van der Waals surface area (Å²) in [6, 6.07) is 14.8. The average molecular weight is 321 g/mol. The molecule has 2 unspecified atom stereocenters. The predicted molar refractivity (Wildman–Crippen MR) is 96.6 cm³/mol. The third kappa shape index (κ3) is 2.53. The third-order valence-corrected chi connectivity index (χ3v) is 5.15. The van der Waals surface area contributed by atoms with E-state index in [-0.39, 0.29) is 6.04 Å². The molecule has 2 aromatic carbocycles. The number of allylic oxidation sites excluding steroid dienone is 1. The molecule has 5 N–H and O–H groups in total. The number of hydrogen-bond acceptors (Lipinski definition) is 4. The van der Waals surface area contributed by atoms with Gasteiger partial charge in [-0.05, 0) is 55.0 Å². The van der Waals surface area contributed by atoms with E-state index < -0.39 is 0 Å². The summed E-state index contributed by atoms with van der Waals surface area (Å²) < 4.78 is 5.73. The van der Waals surface area contributed by atoms with Gasteiger partial charge in [-0.3, -0.25) is 0 Å². The van der Waals surface area contributed by atoms with E-state index in [1.54, 1.807) is 0 Å². The summed E-state index contributed by atoms with van der Waals surface area (Å²) in [7, 11) is 0. The van der Waals surface area contributed by atoms with E-state index >= 15 is 0 Å². The minimum atomic E-state index is -0.0354. The minimum absolute atomic E-state index is 0.0354. The van der Waals surface area contributed by atoms with Crippen molar-refractivity contribution in [3.05, 3.63) is 70.7 Å². The monoisotopic (exact) mass is 321 g/mol. The molecule has 0 radical (unpaired) electrons. The van der Waals surface area contributed by atoms with Crippen LogP contribution in [0.2, 0.25) is 0 Å². The number of fused-ring (bicyclic) bond motifs is 2. The topological polar surface area (TPSA) is 73.3 Å². The van der Waals surface area contributed by atoms with Gasteiger partial charge in [0.2, 0.25) is 0 Å². The molecule has 4 heteroatoms. The summed E-state index contributed by atoms with van der Waals surface area (Å²) >= 11 is 0. The van der Waals surface area contributed by atoms with Gasteiger partial charge in [-0.25, -0.2) is 0 Å². The second-order valence-corrected chi connectivity index (χ2v) is 6.68. The molecule has 0 spiro atoms. The molecule has 1 heterocycles. The first-order chi connectivity index (χ1) is 11.6. The molecule has 0 aromatic heterocycles. The van der Waals surface area contributed by atoms with Crippen LogP contribution in [-0.2, 0) is 6.42 Å². The lowest BCUT2D eigenvalue weighted by Gasteiger charge is -2.31. The van der Waals surface area contributed by atoms with Crippen molar-refractivity contribution in [3.8, 4) is 5.75 Å². The number of nitrogens with one attached hydrogen (secondary N) is 1. The molecule has 0 saturated heterocycles. The van der Waals surface area contributed by atoms with Gasteiger partial charge in [0.25, 0.3) is 0 Å². The lowest BCUT2D eigenvalue weighted by Crippen LogP contribution is -2.24. The zero-order valence-corrected chi connectivity index (χ0v) is 13.9. The molecule has 1 aliphatic carbocycles. The van der Waals surface area contributed by atoms with Crippen LogP contribution in [0.25, 0.3) is 0 Å². The summed E-state index contributed by atoms with van der Waals surface area (Å²) in [5.41, 5.74) is 17.4. The van der Waals surface area contributed by atoms with E-state index in [0.29, 0.717) is 17.5 Å². The highest BCUT2D eigenvalue weighted by molar-refractivity contribution is 5.64. The number of nitrogens with two attached hydrogens (primary N) is 2. The zero-order chi connectivity index (χ0) is 16.7. The van der Waals surface area contributed by atoms with Crippen molar-refractivity contribution >= 4 is 5.69 Å². The number of hydrogen-bond donors (Lipinski definition) is 3. The number of aryl methyl sites for hydroxylation is 1. The van der Waals surface area contributed by atoms with Gasteiger partial charge in [0.05, 0.1) is 5.69 Å². The quantitative estimate of drug-likeness (QED) is 0.787. The van der Waals surface area contributed by atoms with Gasteiger partial charge in [-0.2, -0.15) is 0 Å². The first-order valence-electron chi connectivity index (χ1n) is 8.52. The molecule has 2 atom stereocenters. The molecule has 0 bridgehead atoms. The lowest BCUT2D eigenvalue weighted by molar-refractivity contribution is 0.414. The van der Waals surface area contributed by atoms with Gasteiger partial charge in [-0.1, -0.05) is 30.3 Å². The SMILES string of the molecule is CC1=C(N)Nc2cc(C(N)C3CCCc4ccccc43)ccc2O1. The fraction of sp³-hybridized carbons (Fsp3) is 0.300. The van der Waals surface area contributed by atoms with Gasteiger partial charge in [0, 0.05) is 12.0 Å². The van der Waals surface area contributed by atoms with Crippen molar-refractivity contribution in [1.29, 1.82) is 0 Å². The van der Waals surface area contributed by atoms with Crippen LogP contribution >= 0.6 is 0 Å². The Hall–Kier alpha value is -2.46. The van der Waals surface area contributed by atoms with Gasteiger partial charge >= 0.3 is 0 Å². The average Bonchev–Trinajstić information content (AvgIpc) is 2.61. The Morgan fingerprint density at radius 1 is 1.21 bits per heavy atom. The molecule has 0 saturated carbocycles. The number of anilines is 1. The van der Waals surface area contributed by atoms with E-state index in [1.165, 1.54) is 17.5 Å². The summed E-state index contributed by atoms with van der Waals surface area (Å²) in [6.07, 6.45) is 3.47. The van der Waals surface area contributed by atoms with Gasteiger partial charge in [0.15, 0.2) is 5.75 Å². The highest BCUT2D eigenvalue weighted by Gasteiger charge is 2.27. The van der Waals surface area contributed by atoms with Crippen molar-refractivity contribution < 1.29 is 4.74 Å². The van der Waals surface area contributed by atoms with Crippen molar-refractivity contribution in [1.82, 2.24) is 0 Å². The molecule has 124 valence electrons. The molecular formula is C20H23N3O. The molecule has 2 aliphatic rings. The minimum Gasteiger partial charge on any atom is -0.456 e. The summed E-state index contributed by atoms with van der Waals surface area (Å²) in [4.78, 5) is 0. The zero-order valence-electron chi connectivity index (χ0n) is 13.9. The number of ether oxygens (including phenoxy) is 1. The lowest BCUT2D eigenvalue weighted by atomic mass is 9.77. The van der Waals surface area contributed by atoms with Gasteiger partial charge in [0.1, 0.15) is 11.6 Å². The maximum atomic E-state index is 6.67. The summed E-state index contributed by atoms with van der Waals surface area (Å²) in [5.74, 6) is 2.39. The Bertz CT molecular complexity index is 812. The van der Waals surface area contributed by atoms with E-state index in [0.717, 1.165) is 29.8 Å². The largest absolute Gasteiger partial charge is 0.456 e. The molecule has 1 aliphatic heterocycles. The highest BCUT2D eigenvalue weighted by atomic mass is 16.5. The maximum Gasteiger partial charge on any atom is 0.150 e. The Kier molecular flexibility index (Phi) is 3.69. The smallest absolute Gasteiger partial charge is 0.150 e. The van der Waals surface area contributed by atoms with Crippen LogP contribution in [0.5, 0.6) is 5.75 Å². The van der Waals surface area contributed by atoms with Crippen LogP contribution < -0.4 is 21.5 Å². The Morgan fingerprint density at radius 3 is 2.92 bits per heavy atom. The molecule has 24 heavy (non-hydrogen) atoms. The van der Waals surface area contributed by atoms with Crippen molar-refractivity contribution in [2.24, 2.45) is 11.5 Å². The fourth-order valence-corrected chi connectivity index (χ4v) is 3.79. The molecular weight excluding hydrogens is 298 g/mol. The van der Waals surface area contributed by atoms with E-state index in [2.05, 4.69) is 41.7 Å². The van der Waals surface area contributed by atoms with Gasteiger partial charge < -0.3 is 21.5 Å². The van der Waals surface area contributed by atoms with E-state index in [4.69, 9.17) is 16.2 Å². The maximum absolute atomic E-state index is 6.67. The van der Waals surface area contributed by atoms with Crippen LogP contribution in [0.3, 0.4) is 0 Å². The first kappa shape index (κ1) is 15.1. The summed E-state index contributed by atoms with van der Waals surface area (Å²) in [5, 5.41) is 3.20. The van der Waals surface area contributed by atoms with E-state index in [1.807, 2.05) is 13.0 Å².